The van der Waals surface area contributed by atoms with Crippen molar-refractivity contribution >= 4 is 5.91 Å². The average Bonchev–Trinajstić information content (AvgIpc) is 3.28. The molecule has 0 aliphatic carbocycles. The molecule has 8 heteroatoms. The quantitative estimate of drug-likeness (QED) is 0.521. The van der Waals surface area contributed by atoms with Gasteiger partial charge in [-0.05, 0) is 53.6 Å². The van der Waals surface area contributed by atoms with E-state index in [-0.39, 0.29) is 5.91 Å². The fourth-order valence-electron chi connectivity index (χ4n) is 3.19. The van der Waals surface area contributed by atoms with Crippen molar-refractivity contribution in [2.24, 2.45) is 0 Å². The highest BCUT2D eigenvalue weighted by molar-refractivity contribution is 5.96. The third kappa shape index (κ3) is 4.63. The van der Waals surface area contributed by atoms with E-state index < -0.39 is 0 Å². The van der Waals surface area contributed by atoms with Crippen LogP contribution in [0.5, 0.6) is 0 Å². The van der Waals surface area contributed by atoms with Crippen LogP contribution >= 0.6 is 0 Å². The minimum absolute atomic E-state index is 0.205. The van der Waals surface area contributed by atoms with E-state index in [0.29, 0.717) is 24.2 Å². The van der Waals surface area contributed by atoms with Crippen molar-refractivity contribution in [3.63, 3.8) is 0 Å². The number of nitrogens with zero attached hydrogens (tertiary/aromatic N) is 6. The number of benzene rings is 2. The van der Waals surface area contributed by atoms with Crippen LogP contribution in [-0.2, 0) is 13.0 Å². The summed E-state index contributed by atoms with van der Waals surface area (Å²) in [7, 11) is 0. The fourth-order valence-corrected chi connectivity index (χ4v) is 3.19. The van der Waals surface area contributed by atoms with Crippen molar-refractivity contribution in [3.05, 3.63) is 83.2 Å². The molecule has 0 fully saturated rings. The maximum Gasteiger partial charge on any atom is 0.251 e. The molecule has 31 heavy (non-hydrogen) atoms. The van der Waals surface area contributed by atoms with Crippen molar-refractivity contribution in [2.75, 3.05) is 0 Å². The van der Waals surface area contributed by atoms with Crippen molar-refractivity contribution in [2.45, 2.75) is 33.7 Å². The molecule has 0 unspecified atom stereocenters. The third-order valence-corrected chi connectivity index (χ3v) is 4.92. The monoisotopic (exact) mass is 413 g/mol. The van der Waals surface area contributed by atoms with E-state index in [0.717, 1.165) is 28.3 Å². The molecule has 1 N–H and O–H groups in total. The Balaban J connectivity index is 1.69. The second kappa shape index (κ2) is 8.83. The van der Waals surface area contributed by atoms with Gasteiger partial charge < -0.3 is 5.32 Å². The Morgan fingerprint density at radius 3 is 2.52 bits per heavy atom. The summed E-state index contributed by atoms with van der Waals surface area (Å²) in [5, 5.41) is 14.9. The molecule has 2 aromatic carbocycles. The highest BCUT2D eigenvalue weighted by Crippen LogP contribution is 2.25. The van der Waals surface area contributed by atoms with Crippen LogP contribution in [-0.4, -0.2) is 36.1 Å². The van der Waals surface area contributed by atoms with Gasteiger partial charge in [0.15, 0.2) is 5.82 Å². The molecule has 4 rings (SSSR count). The summed E-state index contributed by atoms with van der Waals surface area (Å²) in [6, 6.07) is 13.8. The molecular weight excluding hydrogens is 390 g/mol. The lowest BCUT2D eigenvalue weighted by Crippen LogP contribution is -2.23. The molecular formula is C23H23N7O. The Bertz CT molecular complexity index is 1200. The van der Waals surface area contributed by atoms with Crippen LogP contribution in [0.4, 0.5) is 0 Å². The van der Waals surface area contributed by atoms with Crippen molar-refractivity contribution in [1.29, 1.82) is 0 Å². The van der Waals surface area contributed by atoms with Crippen LogP contribution < -0.4 is 5.32 Å². The van der Waals surface area contributed by atoms with E-state index >= 15 is 0 Å². The molecule has 0 atom stereocenters. The van der Waals surface area contributed by atoms with E-state index in [2.05, 4.69) is 30.8 Å². The summed E-state index contributed by atoms with van der Waals surface area (Å²) in [6.45, 7) is 6.20. The van der Waals surface area contributed by atoms with Crippen molar-refractivity contribution < 1.29 is 4.79 Å². The Morgan fingerprint density at radius 1 is 1.00 bits per heavy atom. The minimum atomic E-state index is -0.205. The maximum atomic E-state index is 13.0. The minimum Gasteiger partial charge on any atom is -0.346 e. The van der Waals surface area contributed by atoms with Gasteiger partial charge in [-0.1, -0.05) is 36.8 Å². The number of nitrogens with one attached hydrogen (secondary N) is 1. The summed E-state index contributed by atoms with van der Waals surface area (Å²) in [4.78, 5) is 21.5. The van der Waals surface area contributed by atoms with E-state index in [1.807, 2.05) is 57.2 Å². The van der Waals surface area contributed by atoms with E-state index in [9.17, 15) is 4.79 Å². The second-order valence-electron chi connectivity index (χ2n) is 7.33. The summed E-state index contributed by atoms with van der Waals surface area (Å²) in [5.41, 5.74) is 5.88. The largest absolute Gasteiger partial charge is 0.346 e. The van der Waals surface area contributed by atoms with Crippen molar-refractivity contribution in [3.8, 4) is 16.8 Å². The summed E-state index contributed by atoms with van der Waals surface area (Å²) in [5.74, 6) is 0.519. The zero-order chi connectivity index (χ0) is 21.8. The number of hydrogen-bond donors (Lipinski definition) is 1. The van der Waals surface area contributed by atoms with Gasteiger partial charge in [0.1, 0.15) is 0 Å². The zero-order valence-corrected chi connectivity index (χ0v) is 17.7. The van der Waals surface area contributed by atoms with Gasteiger partial charge in [-0.15, -0.1) is 5.10 Å². The lowest BCUT2D eigenvalue weighted by molar-refractivity contribution is 0.0950. The first-order valence-electron chi connectivity index (χ1n) is 10.1. The smallest absolute Gasteiger partial charge is 0.251 e. The van der Waals surface area contributed by atoms with Gasteiger partial charge in [0.25, 0.3) is 5.91 Å². The summed E-state index contributed by atoms with van der Waals surface area (Å²) >= 11 is 0. The SMILES string of the molecule is CCc1nnnn1-c1cc(C(=O)NCc2cnc(C)cn2)cc(-c2ccc(C)cc2)c1. The number of carbonyl (C=O) groups is 1. The molecule has 0 bridgehead atoms. The molecule has 4 aromatic rings. The van der Waals surface area contributed by atoms with Gasteiger partial charge in [-0.25, -0.2) is 0 Å². The highest BCUT2D eigenvalue weighted by atomic mass is 16.1. The van der Waals surface area contributed by atoms with E-state index in [1.54, 1.807) is 23.1 Å². The van der Waals surface area contributed by atoms with Gasteiger partial charge in [-0.2, -0.15) is 4.68 Å². The first-order valence-corrected chi connectivity index (χ1v) is 10.1. The van der Waals surface area contributed by atoms with Crippen LogP contribution in [0.3, 0.4) is 0 Å². The third-order valence-electron chi connectivity index (χ3n) is 4.92. The second-order valence-corrected chi connectivity index (χ2v) is 7.33. The van der Waals surface area contributed by atoms with Crippen LogP contribution in [0, 0.1) is 13.8 Å². The van der Waals surface area contributed by atoms with Gasteiger partial charge in [0.2, 0.25) is 0 Å². The molecule has 0 saturated carbocycles. The van der Waals surface area contributed by atoms with Gasteiger partial charge in [-0.3, -0.25) is 14.8 Å². The first kappa shape index (κ1) is 20.3. The topological polar surface area (TPSA) is 98.5 Å². The number of rotatable bonds is 6. The molecule has 0 aliphatic rings. The number of aromatic nitrogens is 6. The Morgan fingerprint density at radius 2 is 1.81 bits per heavy atom. The highest BCUT2D eigenvalue weighted by Gasteiger charge is 2.14. The molecule has 0 saturated heterocycles. The molecule has 8 nitrogen and oxygen atoms in total. The number of tetrazole rings is 1. The number of carbonyl (C=O) groups excluding carboxylic acids is 1. The molecule has 156 valence electrons. The first-order chi connectivity index (χ1) is 15.0. The Hall–Kier alpha value is -3.94. The molecule has 2 heterocycles. The van der Waals surface area contributed by atoms with Crippen LogP contribution in [0.15, 0.2) is 54.9 Å². The van der Waals surface area contributed by atoms with Gasteiger partial charge in [0, 0.05) is 18.2 Å². The zero-order valence-electron chi connectivity index (χ0n) is 17.7. The van der Waals surface area contributed by atoms with Crippen LogP contribution in [0.1, 0.15) is 40.1 Å². The maximum absolute atomic E-state index is 13.0. The lowest BCUT2D eigenvalue weighted by Gasteiger charge is -2.12. The number of hydrogen-bond acceptors (Lipinski definition) is 6. The average molecular weight is 413 g/mol. The number of aryl methyl sites for hydroxylation is 3. The van der Waals surface area contributed by atoms with E-state index in [1.165, 1.54) is 5.56 Å². The lowest BCUT2D eigenvalue weighted by atomic mass is 10.0. The van der Waals surface area contributed by atoms with Crippen LogP contribution in [0.25, 0.3) is 16.8 Å². The number of amides is 1. The normalized spacial score (nSPS) is 10.8. The standard InChI is InChI=1S/C23H23N7O/c1-4-22-27-28-29-30(22)21-10-18(17-7-5-15(2)6-8-17)9-19(11-21)23(31)26-14-20-13-24-16(3)12-25-20/h5-13H,4,14H2,1-3H3,(H,26,31). The fraction of sp³-hybridized carbons (Fsp3) is 0.217. The summed E-state index contributed by atoms with van der Waals surface area (Å²) < 4.78 is 1.67. The summed E-state index contributed by atoms with van der Waals surface area (Å²) in [6.07, 6.45) is 4.02. The predicted octanol–water partition coefficient (Wildman–Crippen LogP) is 3.23. The van der Waals surface area contributed by atoms with Crippen LogP contribution in [0.2, 0.25) is 0 Å². The molecule has 1 amide bonds. The molecule has 0 radical (unpaired) electrons. The molecule has 2 aromatic heterocycles. The Kier molecular flexibility index (Phi) is 5.79. The Labute approximate surface area is 180 Å². The molecule has 0 aliphatic heterocycles. The van der Waals surface area contributed by atoms with E-state index in [4.69, 9.17) is 0 Å². The van der Waals surface area contributed by atoms with Gasteiger partial charge in [0.05, 0.1) is 29.8 Å². The predicted molar refractivity (Wildman–Crippen MR) is 117 cm³/mol. The van der Waals surface area contributed by atoms with Gasteiger partial charge >= 0.3 is 0 Å². The molecule has 0 spiro atoms. The van der Waals surface area contributed by atoms with Crippen molar-refractivity contribution in [1.82, 2.24) is 35.5 Å².